The number of carbonyl (C=O) groups excluding carboxylic acids is 1. The van der Waals surface area contributed by atoms with Crippen molar-refractivity contribution in [1.82, 2.24) is 9.84 Å². The molecule has 1 fully saturated rings. The van der Waals surface area contributed by atoms with E-state index in [0.717, 1.165) is 11.9 Å². The fraction of sp³-hybridized carbons (Fsp3) is 0.300. The SMILES string of the molecule is CC1NN(SC(Cl)(Cl)Cl)C(=O)N1c1ccc(Cl)cc1. The average molecular weight is 361 g/mol. The molecule has 1 aliphatic heterocycles. The van der Waals surface area contributed by atoms with E-state index in [1.165, 1.54) is 4.41 Å². The molecule has 0 radical (unpaired) electrons. The van der Waals surface area contributed by atoms with Gasteiger partial charge in [-0.2, -0.15) is 9.84 Å². The molecule has 0 saturated carbocycles. The van der Waals surface area contributed by atoms with E-state index in [-0.39, 0.29) is 12.2 Å². The largest absolute Gasteiger partial charge is 0.350 e. The lowest BCUT2D eigenvalue weighted by Crippen LogP contribution is -2.34. The molecular weight excluding hydrogens is 352 g/mol. The van der Waals surface area contributed by atoms with Crippen molar-refractivity contribution >= 4 is 70.1 Å². The molecule has 1 aliphatic rings. The Labute approximate surface area is 135 Å². The van der Waals surface area contributed by atoms with E-state index < -0.39 is 3.12 Å². The van der Waals surface area contributed by atoms with Crippen LogP contribution >= 0.6 is 58.4 Å². The smallest absolute Gasteiger partial charge is 0.275 e. The minimum Gasteiger partial charge on any atom is -0.275 e. The first-order valence-corrected chi connectivity index (χ1v) is 7.47. The fourth-order valence-electron chi connectivity index (χ4n) is 1.65. The van der Waals surface area contributed by atoms with Crippen molar-refractivity contribution in [2.45, 2.75) is 16.2 Å². The van der Waals surface area contributed by atoms with Crippen molar-refractivity contribution in [2.24, 2.45) is 0 Å². The standard InChI is InChI=1S/C10H9Cl4N3OS/c1-6-15-17(19-10(12,13)14)9(18)16(6)8-4-2-7(11)3-5-8/h2-6,15H,1H3. The van der Waals surface area contributed by atoms with Gasteiger partial charge in [-0.15, -0.1) is 0 Å². The molecule has 9 heteroatoms. The number of rotatable bonds is 2. The summed E-state index contributed by atoms with van der Waals surface area (Å²) in [6, 6.07) is 6.61. The van der Waals surface area contributed by atoms with Gasteiger partial charge in [0, 0.05) is 22.7 Å². The van der Waals surface area contributed by atoms with Crippen LogP contribution in [-0.2, 0) is 0 Å². The maximum atomic E-state index is 12.2. The van der Waals surface area contributed by atoms with Gasteiger partial charge >= 0.3 is 6.03 Å². The number of amides is 2. The monoisotopic (exact) mass is 359 g/mol. The van der Waals surface area contributed by atoms with Gasteiger partial charge in [0.25, 0.3) is 3.12 Å². The highest BCUT2D eigenvalue weighted by molar-refractivity contribution is 8.03. The van der Waals surface area contributed by atoms with E-state index in [1.807, 2.05) is 6.92 Å². The molecule has 1 heterocycles. The number of urea groups is 1. The Bertz CT molecular complexity index is 479. The lowest BCUT2D eigenvalue weighted by Gasteiger charge is -2.19. The summed E-state index contributed by atoms with van der Waals surface area (Å²) in [5.41, 5.74) is 3.62. The Kier molecular flexibility index (Phi) is 4.65. The Balaban J connectivity index is 2.19. The van der Waals surface area contributed by atoms with E-state index >= 15 is 0 Å². The molecule has 2 amide bonds. The molecule has 0 aliphatic carbocycles. The van der Waals surface area contributed by atoms with E-state index in [9.17, 15) is 4.79 Å². The first kappa shape index (κ1) is 15.4. The average Bonchev–Trinajstić information content (AvgIpc) is 2.54. The summed E-state index contributed by atoms with van der Waals surface area (Å²) in [5.74, 6) is 0. The zero-order valence-electron chi connectivity index (χ0n) is 9.61. The van der Waals surface area contributed by atoms with Gasteiger partial charge in [-0.3, -0.25) is 4.90 Å². The fourth-order valence-corrected chi connectivity index (χ4v) is 2.98. The second kappa shape index (κ2) is 5.76. The molecule has 1 aromatic carbocycles. The first-order valence-electron chi connectivity index (χ1n) is 5.19. The van der Waals surface area contributed by atoms with E-state index in [1.54, 1.807) is 29.2 Å². The first-order chi connectivity index (χ1) is 8.78. The van der Waals surface area contributed by atoms with Crippen molar-refractivity contribution in [3.05, 3.63) is 29.3 Å². The number of nitrogens with zero attached hydrogens (tertiary/aromatic N) is 2. The van der Waals surface area contributed by atoms with E-state index in [2.05, 4.69) is 5.43 Å². The topological polar surface area (TPSA) is 35.6 Å². The molecule has 2 rings (SSSR count). The summed E-state index contributed by atoms with van der Waals surface area (Å²) in [4.78, 5) is 13.8. The lowest BCUT2D eigenvalue weighted by molar-refractivity contribution is 0.236. The zero-order valence-corrected chi connectivity index (χ0v) is 13.4. The van der Waals surface area contributed by atoms with Gasteiger partial charge in [0.1, 0.15) is 6.17 Å². The molecule has 1 atom stereocenters. The van der Waals surface area contributed by atoms with E-state index in [0.29, 0.717) is 10.7 Å². The number of hydrogen-bond acceptors (Lipinski definition) is 3. The van der Waals surface area contributed by atoms with Gasteiger partial charge in [-0.05, 0) is 31.2 Å². The second-order valence-electron chi connectivity index (χ2n) is 3.77. The van der Waals surface area contributed by atoms with Gasteiger partial charge < -0.3 is 0 Å². The van der Waals surface area contributed by atoms with Crippen molar-refractivity contribution in [3.8, 4) is 0 Å². The molecule has 0 bridgehead atoms. The van der Waals surface area contributed by atoms with Crippen molar-refractivity contribution in [3.63, 3.8) is 0 Å². The maximum Gasteiger partial charge on any atom is 0.350 e. The summed E-state index contributed by atoms with van der Waals surface area (Å²) < 4.78 is -0.412. The highest BCUT2D eigenvalue weighted by Gasteiger charge is 2.40. The molecule has 0 aromatic heterocycles. The molecule has 1 unspecified atom stereocenters. The van der Waals surface area contributed by atoms with Crippen LogP contribution in [-0.4, -0.2) is 19.7 Å². The number of alkyl halides is 3. The summed E-state index contributed by atoms with van der Waals surface area (Å²) in [6.07, 6.45) is -0.256. The Morgan fingerprint density at radius 2 is 1.84 bits per heavy atom. The minimum atomic E-state index is -1.61. The molecular formula is C10H9Cl4N3OS. The highest BCUT2D eigenvalue weighted by Crippen LogP contribution is 2.42. The van der Waals surface area contributed by atoms with Gasteiger partial charge in [0.05, 0.1) is 0 Å². The number of carbonyl (C=O) groups is 1. The molecule has 0 spiro atoms. The Morgan fingerprint density at radius 1 is 1.26 bits per heavy atom. The zero-order chi connectivity index (χ0) is 14.2. The van der Waals surface area contributed by atoms with Gasteiger partial charge in [-0.25, -0.2) is 4.79 Å². The molecule has 19 heavy (non-hydrogen) atoms. The number of benzene rings is 1. The van der Waals surface area contributed by atoms with Crippen LogP contribution in [0, 0.1) is 0 Å². The minimum absolute atomic E-state index is 0.256. The summed E-state index contributed by atoms with van der Waals surface area (Å²) in [7, 11) is 0. The van der Waals surface area contributed by atoms with Crippen LogP contribution in [0.2, 0.25) is 5.02 Å². The summed E-state index contributed by atoms with van der Waals surface area (Å²) in [5, 5.41) is 0.600. The molecule has 1 aromatic rings. The Hall–Kier alpha value is -0.0400. The third-order valence-electron chi connectivity index (χ3n) is 2.37. The van der Waals surface area contributed by atoms with Gasteiger partial charge in [-0.1, -0.05) is 46.4 Å². The third kappa shape index (κ3) is 3.74. The van der Waals surface area contributed by atoms with Crippen molar-refractivity contribution in [1.29, 1.82) is 0 Å². The number of nitrogens with one attached hydrogen (secondary N) is 1. The van der Waals surface area contributed by atoms with Crippen molar-refractivity contribution in [2.75, 3.05) is 4.90 Å². The van der Waals surface area contributed by atoms with Crippen molar-refractivity contribution < 1.29 is 4.79 Å². The molecule has 4 nitrogen and oxygen atoms in total. The molecule has 1 saturated heterocycles. The van der Waals surface area contributed by atoms with Crippen LogP contribution in [0.15, 0.2) is 24.3 Å². The van der Waals surface area contributed by atoms with Crippen LogP contribution in [0.4, 0.5) is 10.5 Å². The van der Waals surface area contributed by atoms with Crippen LogP contribution in [0.5, 0.6) is 0 Å². The summed E-state index contributed by atoms with van der Waals surface area (Å²) in [6.45, 7) is 1.82. The Morgan fingerprint density at radius 3 is 2.37 bits per heavy atom. The lowest BCUT2D eigenvalue weighted by atomic mass is 10.3. The quantitative estimate of drug-likeness (QED) is 0.626. The number of anilines is 1. The van der Waals surface area contributed by atoms with Crippen LogP contribution < -0.4 is 10.3 Å². The normalized spacial score (nSPS) is 20.3. The number of hydrazine groups is 1. The maximum absolute atomic E-state index is 12.2. The third-order valence-corrected chi connectivity index (χ3v) is 3.90. The molecule has 104 valence electrons. The van der Waals surface area contributed by atoms with Crippen LogP contribution in [0.25, 0.3) is 0 Å². The van der Waals surface area contributed by atoms with Crippen LogP contribution in [0.1, 0.15) is 6.92 Å². The van der Waals surface area contributed by atoms with E-state index in [4.69, 9.17) is 46.4 Å². The number of hydrogen-bond donors (Lipinski definition) is 1. The van der Waals surface area contributed by atoms with Crippen LogP contribution in [0.3, 0.4) is 0 Å². The second-order valence-corrected chi connectivity index (χ2v) is 8.32. The van der Waals surface area contributed by atoms with Gasteiger partial charge in [0.2, 0.25) is 0 Å². The highest BCUT2D eigenvalue weighted by atomic mass is 35.6. The summed E-state index contributed by atoms with van der Waals surface area (Å²) >= 11 is 23.6. The number of halogens is 4. The van der Waals surface area contributed by atoms with Gasteiger partial charge in [0.15, 0.2) is 0 Å². The predicted molar refractivity (Wildman–Crippen MR) is 81.6 cm³/mol. The molecule has 1 N–H and O–H groups in total. The predicted octanol–water partition coefficient (Wildman–Crippen LogP) is 4.41.